The summed E-state index contributed by atoms with van der Waals surface area (Å²) in [7, 11) is 0. The van der Waals surface area contributed by atoms with Gasteiger partial charge < -0.3 is 9.64 Å². The molecule has 0 unspecified atom stereocenters. The monoisotopic (exact) mass is 373 g/mol. The van der Waals surface area contributed by atoms with Gasteiger partial charge in [-0.15, -0.1) is 0 Å². The predicted octanol–water partition coefficient (Wildman–Crippen LogP) is 3.61. The second-order valence-corrected chi connectivity index (χ2v) is 7.20. The molecule has 26 heavy (non-hydrogen) atoms. The van der Waals surface area contributed by atoms with Gasteiger partial charge in [-0.05, 0) is 44.2 Å². The number of ether oxygens (including phenoxy) is 1. The number of rotatable bonds is 5. The molecule has 1 amide bonds. The first-order valence-electron chi connectivity index (χ1n) is 8.96. The van der Waals surface area contributed by atoms with E-state index in [1.165, 1.54) is 6.33 Å². The fraction of sp³-hybridized carbons (Fsp3) is 0.450. The summed E-state index contributed by atoms with van der Waals surface area (Å²) < 4.78 is 5.89. The van der Waals surface area contributed by atoms with Crippen molar-refractivity contribution in [3.05, 3.63) is 52.4 Å². The molecule has 0 radical (unpaired) electrons. The summed E-state index contributed by atoms with van der Waals surface area (Å²) in [5.41, 5.74) is 2.81. The normalized spacial score (nSPS) is 15.1. The number of piperidine rings is 1. The number of likely N-dealkylation sites (tertiary alicyclic amines) is 1. The number of hydrogen-bond donors (Lipinski definition) is 0. The Hall–Kier alpha value is -2.14. The molecule has 1 fully saturated rings. The van der Waals surface area contributed by atoms with E-state index in [-0.39, 0.29) is 5.91 Å². The van der Waals surface area contributed by atoms with Crippen LogP contribution in [0.2, 0.25) is 5.02 Å². The van der Waals surface area contributed by atoms with Crippen LogP contribution in [0.3, 0.4) is 0 Å². The molecule has 1 aromatic heterocycles. The fourth-order valence-electron chi connectivity index (χ4n) is 3.12. The summed E-state index contributed by atoms with van der Waals surface area (Å²) in [6.07, 6.45) is 3.78. The number of halogens is 1. The molecule has 5 nitrogen and oxygen atoms in total. The maximum absolute atomic E-state index is 12.5. The molecular weight excluding hydrogens is 350 g/mol. The highest BCUT2D eigenvalue weighted by Gasteiger charge is 2.24. The van der Waals surface area contributed by atoms with Crippen LogP contribution in [-0.4, -0.2) is 40.5 Å². The predicted molar refractivity (Wildman–Crippen MR) is 101 cm³/mol. The number of aryl methyl sites for hydroxylation is 1. The molecule has 2 aromatic rings. The lowest BCUT2D eigenvalue weighted by atomic mass is 9.97. The van der Waals surface area contributed by atoms with Crippen LogP contribution in [0.5, 0.6) is 5.88 Å². The van der Waals surface area contributed by atoms with E-state index in [4.69, 9.17) is 16.3 Å². The smallest absolute Gasteiger partial charge is 0.227 e. The summed E-state index contributed by atoms with van der Waals surface area (Å²) in [6, 6.07) is 7.52. The molecule has 0 spiro atoms. The third kappa shape index (κ3) is 4.52. The summed E-state index contributed by atoms with van der Waals surface area (Å²) in [5.74, 6) is 1.24. The average Bonchev–Trinajstić information content (AvgIpc) is 2.65. The van der Waals surface area contributed by atoms with Gasteiger partial charge in [0.05, 0.1) is 13.0 Å². The summed E-state index contributed by atoms with van der Waals surface area (Å²) in [4.78, 5) is 22.8. The molecule has 1 saturated heterocycles. The minimum absolute atomic E-state index is 0.139. The van der Waals surface area contributed by atoms with Gasteiger partial charge in [-0.3, -0.25) is 4.79 Å². The van der Waals surface area contributed by atoms with Crippen molar-refractivity contribution < 1.29 is 9.53 Å². The first-order valence-corrected chi connectivity index (χ1v) is 9.34. The van der Waals surface area contributed by atoms with Gasteiger partial charge in [-0.25, -0.2) is 9.97 Å². The minimum Gasteiger partial charge on any atom is -0.477 e. The second kappa shape index (κ2) is 8.49. The van der Waals surface area contributed by atoms with Crippen molar-refractivity contribution in [1.29, 1.82) is 0 Å². The maximum atomic E-state index is 12.5. The van der Waals surface area contributed by atoms with Crippen LogP contribution in [0.25, 0.3) is 0 Å². The van der Waals surface area contributed by atoms with E-state index in [1.807, 2.05) is 43.0 Å². The largest absolute Gasteiger partial charge is 0.477 e. The van der Waals surface area contributed by atoms with Crippen LogP contribution in [0, 0.1) is 19.8 Å². The molecule has 1 aliphatic heterocycles. The zero-order valence-electron chi connectivity index (χ0n) is 15.2. The van der Waals surface area contributed by atoms with E-state index < -0.39 is 0 Å². The maximum Gasteiger partial charge on any atom is 0.227 e. The third-order valence-electron chi connectivity index (χ3n) is 5.01. The molecule has 1 aromatic carbocycles. The number of nitrogens with zero attached hydrogens (tertiary/aromatic N) is 3. The van der Waals surface area contributed by atoms with Gasteiger partial charge in [0.25, 0.3) is 0 Å². The van der Waals surface area contributed by atoms with Crippen LogP contribution in [0.15, 0.2) is 30.6 Å². The lowest BCUT2D eigenvalue weighted by molar-refractivity contribution is -0.132. The van der Waals surface area contributed by atoms with Gasteiger partial charge in [0, 0.05) is 29.4 Å². The summed E-state index contributed by atoms with van der Waals surface area (Å²) in [5, 5.41) is 0.652. The lowest BCUT2D eigenvalue weighted by Crippen LogP contribution is -2.40. The Morgan fingerprint density at radius 1 is 1.23 bits per heavy atom. The Morgan fingerprint density at radius 2 is 1.96 bits per heavy atom. The lowest BCUT2D eigenvalue weighted by Gasteiger charge is -2.32. The molecular formula is C20H24ClN3O2. The van der Waals surface area contributed by atoms with E-state index in [2.05, 4.69) is 9.97 Å². The second-order valence-electron chi connectivity index (χ2n) is 6.79. The number of hydrogen-bond acceptors (Lipinski definition) is 4. The Labute approximate surface area is 159 Å². The Kier molecular flexibility index (Phi) is 6.09. The molecule has 1 aliphatic rings. The van der Waals surface area contributed by atoms with Crippen LogP contribution in [0.4, 0.5) is 0 Å². The molecule has 0 atom stereocenters. The molecule has 0 N–H and O–H groups in total. The minimum atomic E-state index is 0.139. The third-order valence-corrected chi connectivity index (χ3v) is 5.38. The first kappa shape index (κ1) is 18.6. The van der Waals surface area contributed by atoms with Crippen molar-refractivity contribution in [2.75, 3.05) is 19.7 Å². The van der Waals surface area contributed by atoms with Gasteiger partial charge in [-0.2, -0.15) is 0 Å². The molecule has 0 bridgehead atoms. The van der Waals surface area contributed by atoms with Gasteiger partial charge in [0.1, 0.15) is 6.33 Å². The average molecular weight is 374 g/mol. The molecule has 0 saturated carbocycles. The van der Waals surface area contributed by atoms with Crippen LogP contribution in [-0.2, 0) is 11.2 Å². The standard InChI is InChI=1S/C20H24ClN3O2/c1-14-15(2)22-13-23-20(14)26-12-16-7-9-24(10-8-16)19(25)11-17-5-3-4-6-18(17)21/h3-6,13,16H,7-12H2,1-2H3. The molecule has 6 heteroatoms. The van der Waals surface area contributed by atoms with Crippen molar-refractivity contribution in [3.63, 3.8) is 0 Å². The number of amides is 1. The van der Waals surface area contributed by atoms with E-state index in [0.717, 1.165) is 42.8 Å². The highest BCUT2D eigenvalue weighted by molar-refractivity contribution is 6.31. The van der Waals surface area contributed by atoms with E-state index in [9.17, 15) is 4.79 Å². The van der Waals surface area contributed by atoms with Gasteiger partial charge >= 0.3 is 0 Å². The fourth-order valence-corrected chi connectivity index (χ4v) is 3.33. The molecule has 2 heterocycles. The van der Waals surface area contributed by atoms with Crippen molar-refractivity contribution in [2.24, 2.45) is 5.92 Å². The quantitative estimate of drug-likeness (QED) is 0.803. The van der Waals surface area contributed by atoms with E-state index >= 15 is 0 Å². The van der Waals surface area contributed by atoms with Crippen LogP contribution in [0.1, 0.15) is 29.7 Å². The van der Waals surface area contributed by atoms with Gasteiger partial charge in [0.15, 0.2) is 0 Å². The van der Waals surface area contributed by atoms with E-state index in [0.29, 0.717) is 29.8 Å². The number of carbonyl (C=O) groups excluding carboxylic acids is 1. The summed E-state index contributed by atoms with van der Waals surface area (Å²) in [6.45, 7) is 6.08. The number of benzene rings is 1. The Bertz CT molecular complexity index is 773. The van der Waals surface area contributed by atoms with Crippen molar-refractivity contribution >= 4 is 17.5 Å². The van der Waals surface area contributed by atoms with Crippen LogP contribution >= 0.6 is 11.6 Å². The Balaban J connectivity index is 1.47. The highest BCUT2D eigenvalue weighted by Crippen LogP contribution is 2.22. The van der Waals surface area contributed by atoms with Gasteiger partial charge in [-0.1, -0.05) is 29.8 Å². The molecule has 138 valence electrons. The number of carbonyl (C=O) groups is 1. The zero-order valence-corrected chi connectivity index (χ0v) is 16.0. The Morgan fingerprint density at radius 3 is 2.69 bits per heavy atom. The van der Waals surface area contributed by atoms with Crippen molar-refractivity contribution in [2.45, 2.75) is 33.1 Å². The van der Waals surface area contributed by atoms with Gasteiger partial charge in [0.2, 0.25) is 11.8 Å². The van der Waals surface area contributed by atoms with Crippen LogP contribution < -0.4 is 4.74 Å². The number of aromatic nitrogens is 2. The molecule has 3 rings (SSSR count). The van der Waals surface area contributed by atoms with Crippen molar-refractivity contribution in [3.8, 4) is 5.88 Å². The SMILES string of the molecule is Cc1ncnc(OCC2CCN(C(=O)Cc3ccccc3Cl)CC2)c1C. The highest BCUT2D eigenvalue weighted by atomic mass is 35.5. The first-order chi connectivity index (χ1) is 12.5. The van der Waals surface area contributed by atoms with E-state index in [1.54, 1.807) is 0 Å². The summed E-state index contributed by atoms with van der Waals surface area (Å²) >= 11 is 6.16. The van der Waals surface area contributed by atoms with Crippen molar-refractivity contribution in [1.82, 2.24) is 14.9 Å². The molecule has 0 aliphatic carbocycles. The zero-order chi connectivity index (χ0) is 18.5. The topological polar surface area (TPSA) is 55.3 Å².